The molecule has 2 rings (SSSR count). The molecule has 1 saturated heterocycles. The summed E-state index contributed by atoms with van der Waals surface area (Å²) in [4.78, 5) is 40.9. The molecule has 1 atom stereocenters. The number of nitrogens with zero attached hydrogens (tertiary/aromatic N) is 2. The van der Waals surface area contributed by atoms with Gasteiger partial charge in [-0.25, -0.2) is 4.79 Å². The van der Waals surface area contributed by atoms with Crippen LogP contribution in [0.15, 0.2) is 43.0 Å². The maximum Gasteiger partial charge on any atom is 0.411 e. The molecule has 1 heterocycles. The minimum atomic E-state index is -0.929. The topological polar surface area (TPSA) is 66.9 Å². The average molecular weight is 358 g/mol. The summed E-state index contributed by atoms with van der Waals surface area (Å²) in [5.74, 6) is -0.745. The van der Waals surface area contributed by atoms with Gasteiger partial charge < -0.3 is 4.74 Å². The van der Waals surface area contributed by atoms with E-state index in [1.165, 1.54) is 4.90 Å². The molecule has 1 aromatic carbocycles. The molecule has 1 aliphatic rings. The minimum absolute atomic E-state index is 0.131. The SMILES string of the molecule is C=CC[C@]1(C)CN(C(=O)OC(C)(C)C)CN(C(=O)c2ccccc2)C1=O. The molecule has 0 bridgehead atoms. The summed E-state index contributed by atoms with van der Waals surface area (Å²) in [6.07, 6.45) is 1.43. The molecular weight excluding hydrogens is 332 g/mol. The van der Waals surface area contributed by atoms with Crippen molar-refractivity contribution in [1.82, 2.24) is 9.80 Å². The number of allylic oxidation sites excluding steroid dienone is 1. The summed E-state index contributed by atoms with van der Waals surface area (Å²) in [7, 11) is 0. The third-order valence-corrected chi connectivity index (χ3v) is 4.13. The lowest BCUT2D eigenvalue weighted by atomic mass is 9.83. The smallest absolute Gasteiger partial charge is 0.411 e. The number of amides is 3. The largest absolute Gasteiger partial charge is 0.444 e. The highest BCUT2D eigenvalue weighted by molar-refractivity contribution is 6.07. The Balaban J connectivity index is 2.34. The van der Waals surface area contributed by atoms with Crippen molar-refractivity contribution in [3.05, 3.63) is 48.6 Å². The molecule has 0 aliphatic carbocycles. The number of rotatable bonds is 3. The van der Waals surface area contributed by atoms with Crippen LogP contribution in [0.2, 0.25) is 0 Å². The average Bonchev–Trinajstić information content (AvgIpc) is 2.56. The van der Waals surface area contributed by atoms with Crippen molar-refractivity contribution in [2.75, 3.05) is 13.2 Å². The van der Waals surface area contributed by atoms with Gasteiger partial charge in [0.05, 0.1) is 5.41 Å². The van der Waals surface area contributed by atoms with Gasteiger partial charge in [-0.05, 0) is 46.2 Å². The number of imide groups is 1. The standard InChI is InChI=1S/C20H26N2O4/c1-6-12-20(5)13-21(18(25)26-19(2,3)4)14-22(17(20)24)16(23)15-10-8-7-9-11-15/h6-11H,1,12-14H2,2-5H3/t20-/m1/s1. The first-order valence-corrected chi connectivity index (χ1v) is 8.57. The van der Waals surface area contributed by atoms with Gasteiger partial charge in [-0.2, -0.15) is 0 Å². The third-order valence-electron chi connectivity index (χ3n) is 4.13. The van der Waals surface area contributed by atoms with Gasteiger partial charge in [-0.1, -0.05) is 24.3 Å². The normalized spacial score (nSPS) is 20.7. The van der Waals surface area contributed by atoms with Gasteiger partial charge in [0.1, 0.15) is 12.3 Å². The molecule has 140 valence electrons. The molecule has 3 amide bonds. The van der Waals surface area contributed by atoms with Gasteiger partial charge in [-0.15, -0.1) is 6.58 Å². The molecule has 1 fully saturated rings. The summed E-state index contributed by atoms with van der Waals surface area (Å²) in [5, 5.41) is 0. The van der Waals surface area contributed by atoms with E-state index in [0.29, 0.717) is 12.0 Å². The maximum atomic E-state index is 13.0. The highest BCUT2D eigenvalue weighted by Crippen LogP contribution is 2.32. The molecule has 0 saturated carbocycles. The van der Waals surface area contributed by atoms with Crippen molar-refractivity contribution in [1.29, 1.82) is 0 Å². The monoisotopic (exact) mass is 358 g/mol. The van der Waals surface area contributed by atoms with E-state index in [1.54, 1.807) is 64.1 Å². The molecule has 6 heteroatoms. The van der Waals surface area contributed by atoms with Crippen LogP contribution >= 0.6 is 0 Å². The first-order chi connectivity index (χ1) is 12.1. The van der Waals surface area contributed by atoms with E-state index in [-0.39, 0.29) is 19.1 Å². The number of hydrogen-bond acceptors (Lipinski definition) is 4. The second-order valence-electron chi connectivity index (χ2n) is 7.78. The summed E-state index contributed by atoms with van der Waals surface area (Å²) < 4.78 is 5.43. The Morgan fingerprint density at radius 1 is 1.27 bits per heavy atom. The fourth-order valence-electron chi connectivity index (χ4n) is 2.91. The Labute approximate surface area is 154 Å². The van der Waals surface area contributed by atoms with E-state index < -0.39 is 23.0 Å². The Bertz CT molecular complexity index is 708. The van der Waals surface area contributed by atoms with E-state index >= 15 is 0 Å². The van der Waals surface area contributed by atoms with Crippen LogP contribution in [0.25, 0.3) is 0 Å². The van der Waals surface area contributed by atoms with Gasteiger partial charge in [0.15, 0.2) is 0 Å². The van der Waals surface area contributed by atoms with Gasteiger partial charge >= 0.3 is 6.09 Å². The molecule has 0 N–H and O–H groups in total. The van der Waals surface area contributed by atoms with Gasteiger partial charge in [0.25, 0.3) is 5.91 Å². The summed E-state index contributed by atoms with van der Waals surface area (Å²) in [6, 6.07) is 8.55. The zero-order valence-electron chi connectivity index (χ0n) is 15.8. The Morgan fingerprint density at radius 2 is 1.88 bits per heavy atom. The van der Waals surface area contributed by atoms with Crippen LogP contribution in [0.1, 0.15) is 44.5 Å². The number of ether oxygens (including phenoxy) is 1. The predicted molar refractivity (Wildman–Crippen MR) is 98.3 cm³/mol. The van der Waals surface area contributed by atoms with E-state index in [1.807, 2.05) is 0 Å². The Hall–Kier alpha value is -2.63. The highest BCUT2D eigenvalue weighted by Gasteiger charge is 2.46. The van der Waals surface area contributed by atoms with Crippen molar-refractivity contribution in [3.63, 3.8) is 0 Å². The van der Waals surface area contributed by atoms with E-state index in [9.17, 15) is 14.4 Å². The summed E-state index contributed by atoms with van der Waals surface area (Å²) in [6.45, 7) is 10.8. The summed E-state index contributed by atoms with van der Waals surface area (Å²) >= 11 is 0. The van der Waals surface area contributed by atoms with Gasteiger partial charge in [-0.3, -0.25) is 19.4 Å². The lowest BCUT2D eigenvalue weighted by Crippen LogP contribution is -2.61. The number of carbonyl (C=O) groups excluding carboxylic acids is 3. The van der Waals surface area contributed by atoms with Crippen molar-refractivity contribution < 1.29 is 19.1 Å². The second kappa shape index (κ2) is 7.32. The molecule has 6 nitrogen and oxygen atoms in total. The van der Waals surface area contributed by atoms with Crippen LogP contribution in [-0.4, -0.2) is 46.5 Å². The van der Waals surface area contributed by atoms with Crippen LogP contribution < -0.4 is 0 Å². The Kier molecular flexibility index (Phi) is 5.54. The van der Waals surface area contributed by atoms with Gasteiger partial charge in [0, 0.05) is 12.1 Å². The lowest BCUT2D eigenvalue weighted by Gasteiger charge is -2.44. The van der Waals surface area contributed by atoms with Crippen LogP contribution in [-0.2, 0) is 9.53 Å². The maximum absolute atomic E-state index is 13.0. The fourth-order valence-corrected chi connectivity index (χ4v) is 2.91. The molecule has 0 spiro atoms. The molecular formula is C20H26N2O4. The zero-order valence-corrected chi connectivity index (χ0v) is 15.8. The van der Waals surface area contributed by atoms with E-state index in [4.69, 9.17) is 4.74 Å². The zero-order chi connectivity index (χ0) is 19.5. The number of benzene rings is 1. The minimum Gasteiger partial charge on any atom is -0.444 e. The molecule has 0 radical (unpaired) electrons. The van der Waals surface area contributed by atoms with Crippen LogP contribution in [0.5, 0.6) is 0 Å². The predicted octanol–water partition coefficient (Wildman–Crippen LogP) is 3.45. The molecule has 0 aromatic heterocycles. The van der Waals surface area contributed by atoms with Crippen molar-refractivity contribution in [2.45, 2.75) is 39.7 Å². The van der Waals surface area contributed by atoms with Crippen LogP contribution in [0, 0.1) is 5.41 Å². The number of carbonyl (C=O) groups is 3. The third kappa shape index (κ3) is 4.31. The molecule has 1 aliphatic heterocycles. The van der Waals surface area contributed by atoms with Crippen molar-refractivity contribution in [3.8, 4) is 0 Å². The quantitative estimate of drug-likeness (QED) is 0.613. The van der Waals surface area contributed by atoms with E-state index in [0.717, 1.165) is 4.90 Å². The summed E-state index contributed by atoms with van der Waals surface area (Å²) in [5.41, 5.74) is -1.20. The first-order valence-electron chi connectivity index (χ1n) is 8.57. The second-order valence-corrected chi connectivity index (χ2v) is 7.78. The Morgan fingerprint density at radius 3 is 2.42 bits per heavy atom. The van der Waals surface area contributed by atoms with Crippen molar-refractivity contribution >= 4 is 17.9 Å². The first kappa shape index (κ1) is 19.7. The van der Waals surface area contributed by atoms with Crippen LogP contribution in [0.3, 0.4) is 0 Å². The van der Waals surface area contributed by atoms with Crippen LogP contribution in [0.4, 0.5) is 4.79 Å². The number of hydrogen-bond donors (Lipinski definition) is 0. The molecule has 26 heavy (non-hydrogen) atoms. The lowest BCUT2D eigenvalue weighted by molar-refractivity contribution is -0.147. The van der Waals surface area contributed by atoms with Gasteiger partial charge in [0.2, 0.25) is 5.91 Å². The molecule has 1 aromatic rings. The highest BCUT2D eigenvalue weighted by atomic mass is 16.6. The van der Waals surface area contributed by atoms with E-state index in [2.05, 4.69) is 6.58 Å². The molecule has 0 unspecified atom stereocenters. The fraction of sp³-hybridized carbons (Fsp3) is 0.450. The van der Waals surface area contributed by atoms with Crippen molar-refractivity contribution in [2.24, 2.45) is 5.41 Å².